The summed E-state index contributed by atoms with van der Waals surface area (Å²) in [6, 6.07) is 10.2. The number of guanidine groups is 1. The largest absolute Gasteiger partial charge is 0.369 e. The van der Waals surface area contributed by atoms with Gasteiger partial charge in [0.2, 0.25) is 0 Å². The summed E-state index contributed by atoms with van der Waals surface area (Å²) in [6.07, 6.45) is 2.04. The number of nitrogens with zero attached hydrogens (tertiary/aromatic N) is 2. The van der Waals surface area contributed by atoms with Crippen molar-refractivity contribution in [3.8, 4) is 0 Å². The lowest BCUT2D eigenvalue weighted by Crippen LogP contribution is -2.42. The second kappa shape index (κ2) is 4.26. The highest BCUT2D eigenvalue weighted by Crippen LogP contribution is 2.14. The zero-order chi connectivity index (χ0) is 11.5. The lowest BCUT2D eigenvalue weighted by molar-refractivity contribution is 0.437. The molecule has 1 aliphatic rings. The van der Waals surface area contributed by atoms with Gasteiger partial charge >= 0.3 is 0 Å². The minimum atomic E-state index is 0.253. The molecule has 1 atom stereocenters. The second-order valence-corrected chi connectivity index (χ2v) is 3.86. The van der Waals surface area contributed by atoms with Crippen LogP contribution < -0.4 is 11.1 Å². The van der Waals surface area contributed by atoms with E-state index in [1.54, 1.807) is 0 Å². The standard InChI is InChI=1S/C12H16N4/c1-9-8-11(15-12(13)16(9)2)14-10-6-4-3-5-7-10/h3-9,14H,1-2H3,(H2,13,15). The van der Waals surface area contributed by atoms with E-state index in [9.17, 15) is 0 Å². The average Bonchev–Trinajstić information content (AvgIpc) is 2.27. The van der Waals surface area contributed by atoms with Gasteiger partial charge in [0.05, 0.1) is 6.04 Å². The molecule has 4 nitrogen and oxygen atoms in total. The molecule has 0 aromatic heterocycles. The summed E-state index contributed by atoms with van der Waals surface area (Å²) >= 11 is 0. The molecule has 0 saturated carbocycles. The summed E-state index contributed by atoms with van der Waals surface area (Å²) in [5.74, 6) is 1.34. The third-order valence-electron chi connectivity index (χ3n) is 2.65. The van der Waals surface area contributed by atoms with E-state index < -0.39 is 0 Å². The average molecular weight is 216 g/mol. The van der Waals surface area contributed by atoms with Crippen LogP contribution in [0.15, 0.2) is 47.2 Å². The number of nitrogens with two attached hydrogens (primary N) is 1. The van der Waals surface area contributed by atoms with Gasteiger partial charge in [-0.25, -0.2) is 0 Å². The van der Waals surface area contributed by atoms with Crippen molar-refractivity contribution in [2.75, 3.05) is 12.4 Å². The van der Waals surface area contributed by atoms with E-state index >= 15 is 0 Å². The van der Waals surface area contributed by atoms with Gasteiger partial charge in [-0.05, 0) is 25.1 Å². The molecule has 1 heterocycles. The molecule has 84 valence electrons. The molecule has 16 heavy (non-hydrogen) atoms. The number of anilines is 1. The molecule has 1 aliphatic heterocycles. The number of hydrogen-bond donors (Lipinski definition) is 2. The Kier molecular flexibility index (Phi) is 2.81. The molecular weight excluding hydrogens is 200 g/mol. The molecule has 1 aromatic rings. The second-order valence-electron chi connectivity index (χ2n) is 3.86. The highest BCUT2D eigenvalue weighted by atomic mass is 15.3. The Morgan fingerprint density at radius 3 is 2.62 bits per heavy atom. The van der Waals surface area contributed by atoms with Gasteiger partial charge < -0.3 is 16.0 Å². The van der Waals surface area contributed by atoms with Gasteiger partial charge in [-0.15, -0.1) is 0 Å². The Labute approximate surface area is 95.5 Å². The fraction of sp³-hybridized carbons (Fsp3) is 0.250. The summed E-state index contributed by atoms with van der Waals surface area (Å²) in [5, 5.41) is 3.23. The number of para-hydroxylation sites is 1. The Morgan fingerprint density at radius 1 is 1.31 bits per heavy atom. The van der Waals surface area contributed by atoms with E-state index in [0.29, 0.717) is 5.96 Å². The first-order valence-electron chi connectivity index (χ1n) is 5.27. The quantitative estimate of drug-likeness (QED) is 0.789. The van der Waals surface area contributed by atoms with E-state index in [1.165, 1.54) is 0 Å². The summed E-state index contributed by atoms with van der Waals surface area (Å²) in [4.78, 5) is 6.21. The summed E-state index contributed by atoms with van der Waals surface area (Å²) in [6.45, 7) is 2.08. The van der Waals surface area contributed by atoms with E-state index in [4.69, 9.17) is 5.73 Å². The van der Waals surface area contributed by atoms with E-state index in [2.05, 4.69) is 17.2 Å². The first-order valence-corrected chi connectivity index (χ1v) is 5.27. The van der Waals surface area contributed by atoms with Crippen molar-refractivity contribution < 1.29 is 0 Å². The maximum Gasteiger partial charge on any atom is 0.198 e. The van der Waals surface area contributed by atoms with Crippen LogP contribution in [-0.4, -0.2) is 23.9 Å². The van der Waals surface area contributed by atoms with Crippen LogP contribution in [0.3, 0.4) is 0 Å². The van der Waals surface area contributed by atoms with Crippen molar-refractivity contribution in [1.82, 2.24) is 4.90 Å². The molecule has 0 bridgehead atoms. The molecule has 0 amide bonds. The van der Waals surface area contributed by atoms with Crippen LogP contribution in [0.2, 0.25) is 0 Å². The van der Waals surface area contributed by atoms with Crippen LogP contribution in [-0.2, 0) is 0 Å². The Morgan fingerprint density at radius 2 is 2.00 bits per heavy atom. The zero-order valence-corrected chi connectivity index (χ0v) is 9.51. The predicted molar refractivity (Wildman–Crippen MR) is 67.0 cm³/mol. The topological polar surface area (TPSA) is 53.6 Å². The van der Waals surface area contributed by atoms with Crippen LogP contribution in [0.5, 0.6) is 0 Å². The Balaban J connectivity index is 2.15. The normalized spacial score (nSPS) is 20.1. The van der Waals surface area contributed by atoms with Crippen molar-refractivity contribution in [3.63, 3.8) is 0 Å². The molecule has 0 spiro atoms. The maximum atomic E-state index is 5.81. The highest BCUT2D eigenvalue weighted by molar-refractivity contribution is 5.81. The first-order chi connectivity index (χ1) is 7.66. The molecular formula is C12H16N4. The summed E-state index contributed by atoms with van der Waals surface area (Å²) in [7, 11) is 1.93. The van der Waals surface area contributed by atoms with Crippen LogP contribution >= 0.6 is 0 Å². The molecule has 0 aliphatic carbocycles. The molecule has 0 fully saturated rings. The molecule has 4 heteroatoms. The lowest BCUT2D eigenvalue weighted by Gasteiger charge is -2.27. The van der Waals surface area contributed by atoms with Crippen molar-refractivity contribution >= 4 is 11.6 Å². The van der Waals surface area contributed by atoms with E-state index in [0.717, 1.165) is 11.5 Å². The first kappa shape index (κ1) is 10.5. The third kappa shape index (κ3) is 2.16. The van der Waals surface area contributed by atoms with Crippen molar-refractivity contribution in [2.24, 2.45) is 10.7 Å². The van der Waals surface area contributed by atoms with Gasteiger partial charge in [-0.1, -0.05) is 18.2 Å². The molecule has 3 N–H and O–H groups in total. The number of likely N-dealkylation sites (N-methyl/N-ethyl adjacent to an activating group) is 1. The van der Waals surface area contributed by atoms with Gasteiger partial charge in [0.15, 0.2) is 5.96 Å². The SMILES string of the molecule is CC1C=C(Nc2ccccc2)N=C(N)N1C. The van der Waals surface area contributed by atoms with Crippen molar-refractivity contribution in [1.29, 1.82) is 0 Å². The van der Waals surface area contributed by atoms with Gasteiger partial charge in [-0.2, -0.15) is 4.99 Å². The number of hydrogen-bond acceptors (Lipinski definition) is 4. The van der Waals surface area contributed by atoms with Crippen LogP contribution in [0, 0.1) is 0 Å². The minimum Gasteiger partial charge on any atom is -0.369 e. The Bertz CT molecular complexity index is 422. The Hall–Kier alpha value is -1.97. The minimum absolute atomic E-state index is 0.253. The van der Waals surface area contributed by atoms with Crippen LogP contribution in [0.25, 0.3) is 0 Å². The number of nitrogens with one attached hydrogen (secondary N) is 1. The zero-order valence-electron chi connectivity index (χ0n) is 9.51. The predicted octanol–water partition coefficient (Wildman–Crippen LogP) is 1.59. The van der Waals surface area contributed by atoms with E-state index in [1.807, 2.05) is 48.4 Å². The summed E-state index contributed by atoms with van der Waals surface area (Å²) < 4.78 is 0. The van der Waals surface area contributed by atoms with E-state index in [-0.39, 0.29) is 6.04 Å². The number of rotatable bonds is 2. The smallest absolute Gasteiger partial charge is 0.198 e. The number of aliphatic imine (C=N–C) groups is 1. The van der Waals surface area contributed by atoms with Gasteiger partial charge in [0, 0.05) is 12.7 Å². The number of benzene rings is 1. The molecule has 1 unspecified atom stereocenters. The van der Waals surface area contributed by atoms with Gasteiger partial charge in [-0.3, -0.25) is 0 Å². The molecule has 1 aromatic carbocycles. The van der Waals surface area contributed by atoms with Crippen molar-refractivity contribution in [3.05, 3.63) is 42.2 Å². The fourth-order valence-electron chi connectivity index (χ4n) is 1.53. The lowest BCUT2D eigenvalue weighted by atomic mass is 10.2. The maximum absolute atomic E-state index is 5.81. The van der Waals surface area contributed by atoms with Gasteiger partial charge in [0.25, 0.3) is 0 Å². The fourth-order valence-corrected chi connectivity index (χ4v) is 1.53. The van der Waals surface area contributed by atoms with Crippen molar-refractivity contribution in [2.45, 2.75) is 13.0 Å². The third-order valence-corrected chi connectivity index (χ3v) is 2.65. The highest BCUT2D eigenvalue weighted by Gasteiger charge is 2.15. The van der Waals surface area contributed by atoms with Crippen LogP contribution in [0.4, 0.5) is 5.69 Å². The summed E-state index contributed by atoms with van der Waals surface area (Å²) in [5.41, 5.74) is 6.82. The molecule has 2 rings (SSSR count). The molecule has 0 radical (unpaired) electrons. The molecule has 0 saturated heterocycles. The van der Waals surface area contributed by atoms with Gasteiger partial charge in [0.1, 0.15) is 5.82 Å². The monoisotopic (exact) mass is 216 g/mol. The van der Waals surface area contributed by atoms with Crippen LogP contribution in [0.1, 0.15) is 6.92 Å².